The Hall–Kier alpha value is -3.07. The second-order valence-electron chi connectivity index (χ2n) is 5.79. The summed E-state index contributed by atoms with van der Waals surface area (Å²) < 4.78 is 0. The van der Waals surface area contributed by atoms with Gasteiger partial charge in [-0.3, -0.25) is 4.79 Å². The van der Waals surface area contributed by atoms with E-state index in [1.807, 2.05) is 56.6 Å². The van der Waals surface area contributed by atoms with Crippen molar-refractivity contribution in [3.8, 4) is 0 Å². The molecular formula is C21H20N2O. The molecule has 0 amide bonds. The van der Waals surface area contributed by atoms with Crippen molar-refractivity contribution in [2.24, 2.45) is 0 Å². The second-order valence-corrected chi connectivity index (χ2v) is 5.79. The zero-order valence-corrected chi connectivity index (χ0v) is 13.9. The molecule has 0 aliphatic carbocycles. The number of hydrogen-bond donors (Lipinski definition) is 0. The summed E-state index contributed by atoms with van der Waals surface area (Å²) in [5.41, 5.74) is 5.00. The van der Waals surface area contributed by atoms with Gasteiger partial charge < -0.3 is 9.80 Å². The average molecular weight is 316 g/mol. The van der Waals surface area contributed by atoms with Gasteiger partial charge in [0.05, 0.1) is 0 Å². The number of anilines is 4. The average Bonchev–Trinajstić information content (AvgIpc) is 2.64. The van der Waals surface area contributed by atoms with Gasteiger partial charge in [-0.25, -0.2) is 0 Å². The number of carbonyl (C=O) groups is 1. The maximum absolute atomic E-state index is 10.9. The van der Waals surface area contributed by atoms with Gasteiger partial charge in [-0.05, 0) is 60.7 Å². The van der Waals surface area contributed by atoms with Crippen LogP contribution in [0.4, 0.5) is 22.7 Å². The van der Waals surface area contributed by atoms with E-state index in [9.17, 15) is 4.79 Å². The van der Waals surface area contributed by atoms with Gasteiger partial charge >= 0.3 is 0 Å². The molecule has 0 saturated heterocycles. The molecule has 0 unspecified atom stereocenters. The fourth-order valence-electron chi connectivity index (χ4n) is 2.63. The number of nitrogens with zero attached hydrogens (tertiary/aromatic N) is 2. The highest BCUT2D eigenvalue weighted by molar-refractivity contribution is 5.80. The first-order valence-electron chi connectivity index (χ1n) is 7.87. The lowest BCUT2D eigenvalue weighted by Gasteiger charge is -2.26. The molecule has 0 radical (unpaired) electrons. The van der Waals surface area contributed by atoms with E-state index in [0.717, 1.165) is 29.0 Å². The molecule has 3 aromatic rings. The van der Waals surface area contributed by atoms with Gasteiger partial charge in [-0.1, -0.05) is 18.2 Å². The van der Waals surface area contributed by atoms with E-state index in [4.69, 9.17) is 0 Å². The van der Waals surface area contributed by atoms with Crippen molar-refractivity contribution in [3.63, 3.8) is 0 Å². The smallest absolute Gasteiger partial charge is 0.150 e. The maximum Gasteiger partial charge on any atom is 0.150 e. The summed E-state index contributed by atoms with van der Waals surface area (Å²) in [4.78, 5) is 15.2. The minimum absolute atomic E-state index is 0.676. The summed E-state index contributed by atoms with van der Waals surface area (Å²) in [5.74, 6) is 0. The molecule has 0 bridgehead atoms. The molecule has 0 aromatic heterocycles. The highest BCUT2D eigenvalue weighted by Gasteiger charge is 2.12. The summed E-state index contributed by atoms with van der Waals surface area (Å²) in [6.07, 6.45) is 0.864. The number of benzene rings is 3. The fraction of sp³-hybridized carbons (Fsp3) is 0.0952. The van der Waals surface area contributed by atoms with Gasteiger partial charge in [0.1, 0.15) is 6.29 Å². The van der Waals surface area contributed by atoms with Crippen molar-refractivity contribution in [3.05, 3.63) is 84.4 Å². The van der Waals surface area contributed by atoms with Crippen LogP contribution in [0.1, 0.15) is 10.4 Å². The third-order valence-electron chi connectivity index (χ3n) is 3.93. The molecule has 3 nitrogen and oxygen atoms in total. The molecule has 0 N–H and O–H groups in total. The minimum atomic E-state index is 0.676. The van der Waals surface area contributed by atoms with Gasteiger partial charge in [-0.2, -0.15) is 0 Å². The molecule has 0 aliphatic heterocycles. The molecule has 0 atom stereocenters. The molecular weight excluding hydrogens is 296 g/mol. The number of aldehydes is 1. The van der Waals surface area contributed by atoms with Crippen molar-refractivity contribution >= 4 is 29.0 Å². The lowest BCUT2D eigenvalue weighted by atomic mass is 10.1. The van der Waals surface area contributed by atoms with Gasteiger partial charge in [0, 0.05) is 42.4 Å². The summed E-state index contributed by atoms with van der Waals surface area (Å²) >= 11 is 0. The van der Waals surface area contributed by atoms with Crippen molar-refractivity contribution in [1.82, 2.24) is 0 Å². The Bertz CT molecular complexity index is 794. The van der Waals surface area contributed by atoms with E-state index in [1.165, 1.54) is 0 Å². The molecule has 0 aliphatic rings. The van der Waals surface area contributed by atoms with Crippen LogP contribution in [0.25, 0.3) is 0 Å². The van der Waals surface area contributed by atoms with Crippen LogP contribution in [0.5, 0.6) is 0 Å². The molecule has 120 valence electrons. The Morgan fingerprint density at radius 1 is 0.625 bits per heavy atom. The van der Waals surface area contributed by atoms with E-state index in [-0.39, 0.29) is 0 Å². The quantitative estimate of drug-likeness (QED) is 0.616. The van der Waals surface area contributed by atoms with E-state index < -0.39 is 0 Å². The monoisotopic (exact) mass is 316 g/mol. The van der Waals surface area contributed by atoms with E-state index >= 15 is 0 Å². The van der Waals surface area contributed by atoms with Gasteiger partial charge in [0.2, 0.25) is 0 Å². The molecule has 3 heteroatoms. The highest BCUT2D eigenvalue weighted by atomic mass is 16.1. The Kier molecular flexibility index (Phi) is 4.62. The largest absolute Gasteiger partial charge is 0.378 e. The first-order valence-corrected chi connectivity index (χ1v) is 7.87. The van der Waals surface area contributed by atoms with Crippen molar-refractivity contribution in [2.45, 2.75) is 0 Å². The number of hydrogen-bond acceptors (Lipinski definition) is 3. The summed E-state index contributed by atoms with van der Waals surface area (Å²) in [6.45, 7) is 0. The molecule has 3 aromatic carbocycles. The zero-order valence-electron chi connectivity index (χ0n) is 13.9. The second kappa shape index (κ2) is 7.01. The summed E-state index contributed by atoms with van der Waals surface area (Å²) in [5, 5.41) is 0. The van der Waals surface area contributed by atoms with Gasteiger partial charge in [0.15, 0.2) is 0 Å². The van der Waals surface area contributed by atoms with Crippen LogP contribution < -0.4 is 9.80 Å². The van der Waals surface area contributed by atoms with Crippen LogP contribution in [-0.4, -0.2) is 20.4 Å². The predicted molar refractivity (Wildman–Crippen MR) is 101 cm³/mol. The van der Waals surface area contributed by atoms with E-state index in [1.54, 1.807) is 0 Å². The maximum atomic E-state index is 10.9. The summed E-state index contributed by atoms with van der Waals surface area (Å²) in [6, 6.07) is 26.2. The van der Waals surface area contributed by atoms with Crippen molar-refractivity contribution in [2.75, 3.05) is 23.9 Å². The first kappa shape index (κ1) is 15.8. The third kappa shape index (κ3) is 3.30. The number of rotatable bonds is 5. The van der Waals surface area contributed by atoms with Crippen LogP contribution in [0.2, 0.25) is 0 Å². The topological polar surface area (TPSA) is 23.6 Å². The number of para-hydroxylation sites is 1. The molecule has 3 rings (SSSR count). The standard InChI is InChI=1S/C21H20N2O/c1-22(2)18-12-14-21(15-13-18)23(19-6-4-3-5-7-19)20-10-8-17(16-24)9-11-20/h3-16H,1-2H3. The molecule has 0 heterocycles. The third-order valence-corrected chi connectivity index (χ3v) is 3.93. The zero-order chi connectivity index (χ0) is 16.9. The lowest BCUT2D eigenvalue weighted by Crippen LogP contribution is -2.11. The van der Waals surface area contributed by atoms with Gasteiger partial charge in [-0.15, -0.1) is 0 Å². The van der Waals surface area contributed by atoms with Crippen LogP contribution in [0, 0.1) is 0 Å². The van der Waals surface area contributed by atoms with Crippen LogP contribution >= 0.6 is 0 Å². The summed E-state index contributed by atoms with van der Waals surface area (Å²) in [7, 11) is 4.06. The van der Waals surface area contributed by atoms with Crippen molar-refractivity contribution < 1.29 is 4.79 Å². The Morgan fingerprint density at radius 3 is 1.58 bits per heavy atom. The highest BCUT2D eigenvalue weighted by Crippen LogP contribution is 2.34. The Labute approximate surface area is 142 Å². The molecule has 0 spiro atoms. The number of carbonyl (C=O) groups excluding carboxylic acids is 1. The minimum Gasteiger partial charge on any atom is -0.378 e. The molecule has 24 heavy (non-hydrogen) atoms. The van der Waals surface area contributed by atoms with E-state index in [2.05, 4.69) is 46.2 Å². The molecule has 0 fully saturated rings. The van der Waals surface area contributed by atoms with Gasteiger partial charge in [0.25, 0.3) is 0 Å². The lowest BCUT2D eigenvalue weighted by molar-refractivity contribution is 0.112. The van der Waals surface area contributed by atoms with Crippen LogP contribution in [0.3, 0.4) is 0 Å². The fourth-order valence-corrected chi connectivity index (χ4v) is 2.63. The van der Waals surface area contributed by atoms with Crippen molar-refractivity contribution in [1.29, 1.82) is 0 Å². The first-order chi connectivity index (χ1) is 11.7. The van der Waals surface area contributed by atoms with Crippen LogP contribution in [0.15, 0.2) is 78.9 Å². The van der Waals surface area contributed by atoms with Crippen LogP contribution in [-0.2, 0) is 0 Å². The SMILES string of the molecule is CN(C)c1ccc(N(c2ccccc2)c2ccc(C=O)cc2)cc1. The Morgan fingerprint density at radius 2 is 1.08 bits per heavy atom. The normalized spacial score (nSPS) is 10.2. The predicted octanol–water partition coefficient (Wildman–Crippen LogP) is 5.03. The van der Waals surface area contributed by atoms with E-state index in [0.29, 0.717) is 5.56 Å². The Balaban J connectivity index is 2.06. The molecule has 0 saturated carbocycles.